The number of imidazole rings is 1. The molecule has 0 aliphatic heterocycles. The standard InChI is InChI=1S/C10H10N4/c1-14-5-4-13-10(14)9(6-11)8-2-3-12-7-8/h2-5,7,9,12H,1H3. The van der Waals surface area contributed by atoms with Gasteiger partial charge in [-0.3, -0.25) is 0 Å². The molecule has 0 aromatic carbocycles. The normalized spacial score (nSPS) is 12.3. The number of nitrogens with zero attached hydrogens (tertiary/aromatic N) is 3. The number of H-pyrrole nitrogens is 1. The molecule has 4 nitrogen and oxygen atoms in total. The summed E-state index contributed by atoms with van der Waals surface area (Å²) in [5.41, 5.74) is 0.946. The van der Waals surface area contributed by atoms with Gasteiger partial charge in [-0.2, -0.15) is 5.26 Å². The van der Waals surface area contributed by atoms with Crippen LogP contribution in [0.15, 0.2) is 30.9 Å². The summed E-state index contributed by atoms with van der Waals surface area (Å²) in [4.78, 5) is 7.11. The molecule has 1 N–H and O–H groups in total. The van der Waals surface area contributed by atoms with E-state index < -0.39 is 0 Å². The molecule has 1 unspecified atom stereocenters. The van der Waals surface area contributed by atoms with Crippen LogP contribution in [0.1, 0.15) is 17.3 Å². The first-order chi connectivity index (χ1) is 6.83. The minimum Gasteiger partial charge on any atom is -0.367 e. The van der Waals surface area contributed by atoms with Crippen LogP contribution in [-0.4, -0.2) is 14.5 Å². The van der Waals surface area contributed by atoms with Gasteiger partial charge in [-0.25, -0.2) is 4.98 Å². The van der Waals surface area contributed by atoms with Crippen LogP contribution >= 0.6 is 0 Å². The summed E-state index contributed by atoms with van der Waals surface area (Å²) in [7, 11) is 1.89. The quantitative estimate of drug-likeness (QED) is 0.770. The van der Waals surface area contributed by atoms with Crippen LogP contribution in [-0.2, 0) is 7.05 Å². The summed E-state index contributed by atoms with van der Waals surface area (Å²) >= 11 is 0. The fourth-order valence-corrected chi connectivity index (χ4v) is 1.45. The first-order valence-corrected chi connectivity index (χ1v) is 4.32. The van der Waals surface area contributed by atoms with Crippen molar-refractivity contribution in [1.82, 2.24) is 14.5 Å². The number of aromatic nitrogens is 3. The highest BCUT2D eigenvalue weighted by Gasteiger charge is 2.17. The van der Waals surface area contributed by atoms with E-state index in [0.717, 1.165) is 11.4 Å². The topological polar surface area (TPSA) is 57.4 Å². The van der Waals surface area contributed by atoms with E-state index >= 15 is 0 Å². The van der Waals surface area contributed by atoms with E-state index in [-0.39, 0.29) is 5.92 Å². The summed E-state index contributed by atoms with van der Waals surface area (Å²) in [5, 5.41) is 9.08. The molecule has 2 aromatic rings. The van der Waals surface area contributed by atoms with Gasteiger partial charge in [0.1, 0.15) is 11.7 Å². The Kier molecular flexibility index (Phi) is 2.07. The van der Waals surface area contributed by atoms with Crippen LogP contribution < -0.4 is 0 Å². The van der Waals surface area contributed by atoms with E-state index in [0.29, 0.717) is 0 Å². The highest BCUT2D eigenvalue weighted by Crippen LogP contribution is 2.21. The number of nitrogens with one attached hydrogen (secondary N) is 1. The lowest BCUT2D eigenvalue weighted by atomic mass is 10.0. The Morgan fingerprint density at radius 3 is 3.00 bits per heavy atom. The monoisotopic (exact) mass is 186 g/mol. The SMILES string of the molecule is Cn1ccnc1C(C#N)c1cc[nH]c1. The van der Waals surface area contributed by atoms with E-state index in [1.54, 1.807) is 6.20 Å². The van der Waals surface area contributed by atoms with E-state index in [4.69, 9.17) is 5.26 Å². The average Bonchev–Trinajstić information content (AvgIpc) is 2.80. The molecule has 0 bridgehead atoms. The fourth-order valence-electron chi connectivity index (χ4n) is 1.45. The van der Waals surface area contributed by atoms with Crippen molar-refractivity contribution in [3.63, 3.8) is 0 Å². The lowest BCUT2D eigenvalue weighted by Crippen LogP contribution is -2.04. The second-order valence-electron chi connectivity index (χ2n) is 3.10. The molecule has 2 aromatic heterocycles. The van der Waals surface area contributed by atoms with Crippen LogP contribution in [0.3, 0.4) is 0 Å². The summed E-state index contributed by atoms with van der Waals surface area (Å²) in [6.07, 6.45) is 7.17. The minimum atomic E-state index is -0.291. The van der Waals surface area contributed by atoms with E-state index in [2.05, 4.69) is 16.0 Å². The first kappa shape index (κ1) is 8.57. The Labute approximate surface area is 81.8 Å². The van der Waals surface area contributed by atoms with Crippen molar-refractivity contribution >= 4 is 0 Å². The van der Waals surface area contributed by atoms with Crippen molar-refractivity contribution in [1.29, 1.82) is 5.26 Å². The van der Waals surface area contributed by atoms with Crippen molar-refractivity contribution < 1.29 is 0 Å². The highest BCUT2D eigenvalue weighted by molar-refractivity contribution is 5.30. The van der Waals surface area contributed by atoms with Crippen LogP contribution in [0, 0.1) is 11.3 Å². The van der Waals surface area contributed by atoms with Gasteiger partial charge in [0.05, 0.1) is 6.07 Å². The molecule has 0 fully saturated rings. The van der Waals surface area contributed by atoms with Gasteiger partial charge in [0, 0.05) is 31.8 Å². The van der Waals surface area contributed by atoms with Crippen molar-refractivity contribution in [2.45, 2.75) is 5.92 Å². The lowest BCUT2D eigenvalue weighted by molar-refractivity contribution is 0.784. The third-order valence-electron chi connectivity index (χ3n) is 2.20. The first-order valence-electron chi connectivity index (χ1n) is 4.32. The van der Waals surface area contributed by atoms with Crippen molar-refractivity contribution in [2.24, 2.45) is 7.05 Å². The Balaban J connectivity index is 2.42. The second kappa shape index (κ2) is 3.38. The molecule has 0 saturated carbocycles. The molecule has 0 aliphatic rings. The molecule has 0 amide bonds. The number of hydrogen-bond acceptors (Lipinski definition) is 2. The van der Waals surface area contributed by atoms with Crippen LogP contribution in [0.2, 0.25) is 0 Å². The third-order valence-corrected chi connectivity index (χ3v) is 2.20. The zero-order valence-corrected chi connectivity index (χ0v) is 7.81. The number of rotatable bonds is 2. The van der Waals surface area contributed by atoms with Gasteiger partial charge in [-0.05, 0) is 11.6 Å². The Morgan fingerprint density at radius 2 is 2.50 bits per heavy atom. The maximum absolute atomic E-state index is 9.08. The van der Waals surface area contributed by atoms with Crippen LogP contribution in [0.5, 0.6) is 0 Å². The Morgan fingerprint density at radius 1 is 1.64 bits per heavy atom. The molecule has 0 aliphatic carbocycles. The van der Waals surface area contributed by atoms with Gasteiger partial charge in [-0.1, -0.05) is 0 Å². The number of aromatic amines is 1. The van der Waals surface area contributed by atoms with E-state index in [1.165, 1.54) is 0 Å². The smallest absolute Gasteiger partial charge is 0.131 e. The molecule has 14 heavy (non-hydrogen) atoms. The van der Waals surface area contributed by atoms with Crippen molar-refractivity contribution in [3.05, 3.63) is 42.2 Å². The second-order valence-corrected chi connectivity index (χ2v) is 3.10. The molecule has 70 valence electrons. The Hall–Kier alpha value is -2.02. The summed E-state index contributed by atoms with van der Waals surface area (Å²) in [6.45, 7) is 0. The number of hydrogen-bond donors (Lipinski definition) is 1. The predicted molar refractivity (Wildman–Crippen MR) is 51.5 cm³/mol. The zero-order chi connectivity index (χ0) is 9.97. The van der Waals surface area contributed by atoms with Crippen molar-refractivity contribution in [2.75, 3.05) is 0 Å². The van der Waals surface area contributed by atoms with Gasteiger partial charge in [0.2, 0.25) is 0 Å². The highest BCUT2D eigenvalue weighted by atomic mass is 15.0. The lowest BCUT2D eigenvalue weighted by Gasteiger charge is -2.06. The molecular formula is C10H10N4. The molecule has 0 saturated heterocycles. The summed E-state index contributed by atoms with van der Waals surface area (Å²) in [5.74, 6) is 0.480. The number of nitriles is 1. The molecule has 0 spiro atoms. The largest absolute Gasteiger partial charge is 0.367 e. The van der Waals surface area contributed by atoms with Crippen LogP contribution in [0.25, 0.3) is 0 Å². The predicted octanol–water partition coefficient (Wildman–Crippen LogP) is 1.40. The van der Waals surface area contributed by atoms with Gasteiger partial charge < -0.3 is 9.55 Å². The van der Waals surface area contributed by atoms with Gasteiger partial charge in [0.15, 0.2) is 0 Å². The zero-order valence-electron chi connectivity index (χ0n) is 7.81. The fraction of sp³-hybridized carbons (Fsp3) is 0.200. The minimum absolute atomic E-state index is 0.291. The van der Waals surface area contributed by atoms with Crippen molar-refractivity contribution in [3.8, 4) is 6.07 Å². The summed E-state index contributed by atoms with van der Waals surface area (Å²) < 4.78 is 1.86. The third kappa shape index (κ3) is 1.29. The van der Waals surface area contributed by atoms with E-state index in [9.17, 15) is 0 Å². The van der Waals surface area contributed by atoms with Crippen LogP contribution in [0.4, 0.5) is 0 Å². The average molecular weight is 186 g/mol. The van der Waals surface area contributed by atoms with Gasteiger partial charge >= 0.3 is 0 Å². The molecule has 4 heteroatoms. The molecule has 0 radical (unpaired) electrons. The van der Waals surface area contributed by atoms with Gasteiger partial charge in [-0.15, -0.1) is 0 Å². The summed E-state index contributed by atoms with van der Waals surface area (Å²) in [6, 6.07) is 4.14. The number of aryl methyl sites for hydroxylation is 1. The van der Waals surface area contributed by atoms with Gasteiger partial charge in [0.25, 0.3) is 0 Å². The molecular weight excluding hydrogens is 176 g/mol. The molecule has 2 rings (SSSR count). The molecule has 1 atom stereocenters. The maximum atomic E-state index is 9.08. The Bertz CT molecular complexity index is 447. The maximum Gasteiger partial charge on any atom is 0.131 e. The van der Waals surface area contributed by atoms with E-state index in [1.807, 2.05) is 36.3 Å². The molecule has 2 heterocycles.